The van der Waals surface area contributed by atoms with Crippen LogP contribution in [0.2, 0.25) is 0 Å². The minimum absolute atomic E-state index is 0.00287. The van der Waals surface area contributed by atoms with Crippen molar-refractivity contribution in [2.45, 2.75) is 25.7 Å². The number of hydrogen-bond acceptors (Lipinski definition) is 6. The Morgan fingerprint density at radius 3 is 3.26 bits per heavy atom. The molecule has 1 N–H and O–H groups in total. The number of ketones is 1. The fourth-order valence-corrected chi connectivity index (χ4v) is 3.13. The first-order valence-electron chi connectivity index (χ1n) is 7.87. The van der Waals surface area contributed by atoms with E-state index in [-0.39, 0.29) is 11.7 Å². The van der Waals surface area contributed by atoms with E-state index in [0.29, 0.717) is 19.4 Å². The molecular formula is C16H20N6O. The number of carbonyl (C=O) groups excluding carboxylic acids is 1. The number of aromatic amines is 1. The molecule has 0 unspecified atom stereocenters. The van der Waals surface area contributed by atoms with Gasteiger partial charge < -0.3 is 4.98 Å². The van der Waals surface area contributed by atoms with E-state index in [9.17, 15) is 4.79 Å². The summed E-state index contributed by atoms with van der Waals surface area (Å²) in [5.41, 5.74) is 0.806. The van der Waals surface area contributed by atoms with Crippen LogP contribution in [0.4, 0.5) is 5.82 Å². The second-order valence-electron chi connectivity index (χ2n) is 5.84. The third-order valence-corrected chi connectivity index (χ3v) is 4.40. The summed E-state index contributed by atoms with van der Waals surface area (Å²) in [5.74, 6) is 1.03. The lowest BCUT2D eigenvalue weighted by atomic mass is 9.92. The number of hydrazine groups is 1. The second kappa shape index (κ2) is 6.75. The van der Waals surface area contributed by atoms with Gasteiger partial charge in [-0.05, 0) is 18.9 Å². The molecule has 0 saturated carbocycles. The van der Waals surface area contributed by atoms with Crippen molar-refractivity contribution < 1.29 is 4.79 Å². The zero-order valence-electron chi connectivity index (χ0n) is 13.2. The predicted octanol–water partition coefficient (Wildman–Crippen LogP) is 1.89. The number of H-pyrrole nitrogens is 1. The van der Waals surface area contributed by atoms with E-state index in [1.807, 2.05) is 30.4 Å². The summed E-state index contributed by atoms with van der Waals surface area (Å²) < 4.78 is 0. The van der Waals surface area contributed by atoms with Crippen molar-refractivity contribution in [3.63, 3.8) is 0 Å². The first kappa shape index (κ1) is 15.4. The van der Waals surface area contributed by atoms with E-state index in [1.54, 1.807) is 6.33 Å². The molecule has 3 rings (SSSR count). The van der Waals surface area contributed by atoms with Crippen LogP contribution in [0.15, 0.2) is 18.6 Å². The van der Waals surface area contributed by atoms with Gasteiger partial charge in [-0.15, -0.1) is 0 Å². The molecule has 1 saturated heterocycles. The Labute approximate surface area is 134 Å². The SMILES string of the molecule is CN(c1ncnc2[nH]ccc12)N1CCC[C@@H](C(=O)CCC#N)C1. The molecule has 3 heterocycles. The number of nitrogens with one attached hydrogen (secondary N) is 1. The van der Waals surface area contributed by atoms with Gasteiger partial charge in [-0.2, -0.15) is 5.26 Å². The van der Waals surface area contributed by atoms with Gasteiger partial charge in [0.05, 0.1) is 11.5 Å². The Hall–Kier alpha value is -2.46. The van der Waals surface area contributed by atoms with Crippen molar-refractivity contribution in [1.29, 1.82) is 5.26 Å². The highest BCUT2D eigenvalue weighted by atomic mass is 16.1. The molecule has 120 valence electrons. The molecule has 2 aromatic heterocycles. The minimum atomic E-state index is 0.00287. The fraction of sp³-hybridized carbons (Fsp3) is 0.500. The summed E-state index contributed by atoms with van der Waals surface area (Å²) in [6.45, 7) is 1.57. The van der Waals surface area contributed by atoms with Crippen molar-refractivity contribution in [2.24, 2.45) is 5.92 Å². The van der Waals surface area contributed by atoms with Gasteiger partial charge in [0.25, 0.3) is 0 Å². The Morgan fingerprint density at radius 2 is 2.43 bits per heavy atom. The van der Waals surface area contributed by atoms with Gasteiger partial charge in [-0.1, -0.05) is 0 Å². The van der Waals surface area contributed by atoms with Gasteiger partial charge in [0.15, 0.2) is 5.82 Å². The molecule has 7 nitrogen and oxygen atoms in total. The number of aromatic nitrogens is 3. The van der Waals surface area contributed by atoms with Crippen LogP contribution in [-0.4, -0.2) is 45.9 Å². The van der Waals surface area contributed by atoms with Gasteiger partial charge in [-0.25, -0.2) is 15.0 Å². The quantitative estimate of drug-likeness (QED) is 0.907. The van der Waals surface area contributed by atoms with E-state index in [2.05, 4.69) is 20.0 Å². The number of nitrogens with zero attached hydrogens (tertiary/aromatic N) is 5. The van der Waals surface area contributed by atoms with Crippen LogP contribution >= 0.6 is 0 Å². The number of carbonyl (C=O) groups is 1. The fourth-order valence-electron chi connectivity index (χ4n) is 3.13. The lowest BCUT2D eigenvalue weighted by Gasteiger charge is -2.38. The average Bonchev–Trinajstić information content (AvgIpc) is 3.07. The van der Waals surface area contributed by atoms with Gasteiger partial charge >= 0.3 is 0 Å². The monoisotopic (exact) mass is 312 g/mol. The largest absolute Gasteiger partial charge is 0.346 e. The maximum atomic E-state index is 12.2. The topological polar surface area (TPSA) is 88.9 Å². The van der Waals surface area contributed by atoms with Gasteiger partial charge in [0, 0.05) is 45.1 Å². The van der Waals surface area contributed by atoms with Crippen LogP contribution < -0.4 is 5.01 Å². The molecule has 0 bridgehead atoms. The molecular weight excluding hydrogens is 292 g/mol. The van der Waals surface area contributed by atoms with Crippen LogP contribution in [0, 0.1) is 17.2 Å². The Morgan fingerprint density at radius 1 is 1.57 bits per heavy atom. The van der Waals surface area contributed by atoms with Crippen LogP contribution in [0.1, 0.15) is 25.7 Å². The predicted molar refractivity (Wildman–Crippen MR) is 86.4 cm³/mol. The summed E-state index contributed by atoms with van der Waals surface area (Å²) in [4.78, 5) is 23.9. The first-order valence-corrected chi connectivity index (χ1v) is 7.87. The highest BCUT2D eigenvalue weighted by Gasteiger charge is 2.28. The molecule has 23 heavy (non-hydrogen) atoms. The van der Waals surface area contributed by atoms with Gasteiger partial charge in [0.2, 0.25) is 0 Å². The number of piperidine rings is 1. The Bertz CT molecular complexity index is 733. The third-order valence-electron chi connectivity index (χ3n) is 4.40. The number of fused-ring (bicyclic) bond motifs is 1. The zero-order valence-corrected chi connectivity index (χ0v) is 13.2. The van der Waals surface area contributed by atoms with Crippen LogP contribution in [-0.2, 0) is 4.79 Å². The number of rotatable bonds is 5. The highest BCUT2D eigenvalue weighted by molar-refractivity contribution is 5.87. The molecule has 0 aliphatic carbocycles. The van der Waals surface area contributed by atoms with Crippen LogP contribution in [0.25, 0.3) is 11.0 Å². The molecule has 0 spiro atoms. The summed E-state index contributed by atoms with van der Waals surface area (Å²) in [5, 5.41) is 13.8. The van der Waals surface area contributed by atoms with Crippen molar-refractivity contribution >= 4 is 22.6 Å². The first-order chi connectivity index (χ1) is 11.2. The summed E-state index contributed by atoms with van der Waals surface area (Å²) in [7, 11) is 1.97. The average molecular weight is 312 g/mol. The number of anilines is 1. The van der Waals surface area contributed by atoms with Gasteiger partial charge in [-0.3, -0.25) is 9.80 Å². The molecule has 2 aromatic rings. The highest BCUT2D eigenvalue weighted by Crippen LogP contribution is 2.26. The Balaban J connectivity index is 1.74. The normalized spacial score (nSPS) is 18.7. The van der Waals surface area contributed by atoms with E-state index in [0.717, 1.165) is 36.2 Å². The van der Waals surface area contributed by atoms with Crippen molar-refractivity contribution in [3.8, 4) is 6.07 Å². The molecule has 7 heteroatoms. The van der Waals surface area contributed by atoms with E-state index in [4.69, 9.17) is 5.26 Å². The van der Waals surface area contributed by atoms with Crippen molar-refractivity contribution in [2.75, 3.05) is 25.1 Å². The lowest BCUT2D eigenvalue weighted by molar-refractivity contribution is -0.124. The third kappa shape index (κ3) is 3.17. The van der Waals surface area contributed by atoms with E-state index >= 15 is 0 Å². The zero-order chi connectivity index (χ0) is 16.2. The molecule has 1 aliphatic rings. The van der Waals surface area contributed by atoms with E-state index in [1.165, 1.54) is 0 Å². The van der Waals surface area contributed by atoms with Gasteiger partial charge in [0.1, 0.15) is 17.8 Å². The summed E-state index contributed by atoms with van der Waals surface area (Å²) in [6.07, 6.45) is 5.92. The Kier molecular flexibility index (Phi) is 4.53. The maximum absolute atomic E-state index is 12.2. The number of hydrogen-bond donors (Lipinski definition) is 1. The molecule has 0 radical (unpaired) electrons. The lowest BCUT2D eigenvalue weighted by Crippen LogP contribution is -2.48. The maximum Gasteiger partial charge on any atom is 0.155 e. The molecule has 1 fully saturated rings. The minimum Gasteiger partial charge on any atom is -0.346 e. The molecule has 1 aliphatic heterocycles. The summed E-state index contributed by atoms with van der Waals surface area (Å²) >= 11 is 0. The molecule has 1 atom stereocenters. The second-order valence-corrected chi connectivity index (χ2v) is 5.84. The van der Waals surface area contributed by atoms with Crippen molar-refractivity contribution in [1.82, 2.24) is 20.0 Å². The molecule has 0 amide bonds. The standard InChI is InChI=1S/C16H20N6O/c1-21(16-13-6-8-18-15(13)19-11-20-16)22-9-3-4-12(10-22)14(23)5-2-7-17/h6,8,11-12H,2-5,9-10H2,1H3,(H,18,19,20)/t12-/m1/s1. The molecule has 0 aromatic carbocycles. The van der Waals surface area contributed by atoms with Crippen molar-refractivity contribution in [3.05, 3.63) is 18.6 Å². The smallest absolute Gasteiger partial charge is 0.155 e. The number of nitriles is 1. The van der Waals surface area contributed by atoms with Crippen LogP contribution in [0.3, 0.4) is 0 Å². The number of Topliss-reactive ketones (excluding diaryl/α,β-unsaturated/α-hetero) is 1. The van der Waals surface area contributed by atoms with E-state index < -0.39 is 0 Å². The van der Waals surface area contributed by atoms with Crippen LogP contribution in [0.5, 0.6) is 0 Å². The summed E-state index contributed by atoms with van der Waals surface area (Å²) in [6, 6.07) is 4.01.